The molecule has 1 N–H and O–H groups in total. The molecule has 0 aliphatic carbocycles. The Kier molecular flexibility index (Phi) is 4.91. The Morgan fingerprint density at radius 1 is 1.32 bits per heavy atom. The summed E-state index contributed by atoms with van der Waals surface area (Å²) in [6, 6.07) is 5.30. The Morgan fingerprint density at radius 2 is 2.05 bits per heavy atom. The van der Waals surface area contributed by atoms with Crippen molar-refractivity contribution < 1.29 is 14.3 Å². The van der Waals surface area contributed by atoms with Crippen LogP contribution in [-0.4, -0.2) is 29.1 Å². The van der Waals surface area contributed by atoms with Gasteiger partial charge in [-0.3, -0.25) is 9.69 Å². The van der Waals surface area contributed by atoms with Gasteiger partial charge in [0.15, 0.2) is 0 Å². The van der Waals surface area contributed by atoms with Gasteiger partial charge < -0.3 is 5.11 Å². The fourth-order valence-corrected chi connectivity index (χ4v) is 2.50. The lowest BCUT2D eigenvalue weighted by atomic mass is 10.1. The van der Waals surface area contributed by atoms with Crippen LogP contribution in [0.2, 0.25) is 0 Å². The molecule has 0 amide bonds. The third kappa shape index (κ3) is 4.31. The Bertz CT molecular complexity index is 442. The van der Waals surface area contributed by atoms with Crippen molar-refractivity contribution in [3.05, 3.63) is 35.1 Å². The Labute approximate surface area is 113 Å². The van der Waals surface area contributed by atoms with Crippen LogP contribution in [0.3, 0.4) is 0 Å². The van der Waals surface area contributed by atoms with Crippen LogP contribution in [0.15, 0.2) is 18.2 Å². The molecular formula is C15H20FNO2. The van der Waals surface area contributed by atoms with Crippen molar-refractivity contribution in [2.45, 2.75) is 38.6 Å². The molecule has 0 unspecified atom stereocenters. The van der Waals surface area contributed by atoms with Crippen molar-refractivity contribution >= 4 is 5.97 Å². The third-order valence-corrected chi connectivity index (χ3v) is 3.57. The highest BCUT2D eigenvalue weighted by molar-refractivity contribution is 5.66. The zero-order chi connectivity index (χ0) is 13.7. The van der Waals surface area contributed by atoms with Crippen LogP contribution < -0.4 is 0 Å². The number of likely N-dealkylation sites (tertiary alicyclic amines) is 1. The molecule has 1 aromatic carbocycles. The first-order chi connectivity index (χ1) is 9.15. The second kappa shape index (κ2) is 6.66. The smallest absolute Gasteiger partial charge is 0.303 e. The van der Waals surface area contributed by atoms with Gasteiger partial charge in [-0.05, 0) is 50.4 Å². The van der Waals surface area contributed by atoms with E-state index in [2.05, 4.69) is 4.90 Å². The average Bonchev–Trinajstić information content (AvgIpc) is 2.85. The normalized spacial score (nSPS) is 15.8. The molecule has 4 heteroatoms. The van der Waals surface area contributed by atoms with E-state index in [1.54, 1.807) is 6.07 Å². The first-order valence-electron chi connectivity index (χ1n) is 6.86. The lowest BCUT2D eigenvalue weighted by Crippen LogP contribution is -2.19. The molecule has 3 nitrogen and oxygen atoms in total. The van der Waals surface area contributed by atoms with E-state index in [0.717, 1.165) is 24.2 Å². The van der Waals surface area contributed by atoms with Gasteiger partial charge in [-0.25, -0.2) is 4.39 Å². The van der Waals surface area contributed by atoms with Crippen LogP contribution in [0.5, 0.6) is 0 Å². The van der Waals surface area contributed by atoms with E-state index in [9.17, 15) is 9.18 Å². The molecule has 0 aromatic heterocycles. The molecular weight excluding hydrogens is 245 g/mol. The molecule has 1 heterocycles. The maximum Gasteiger partial charge on any atom is 0.303 e. The lowest BCUT2D eigenvalue weighted by Gasteiger charge is -2.15. The molecule has 0 spiro atoms. The van der Waals surface area contributed by atoms with Crippen LogP contribution in [-0.2, 0) is 17.8 Å². The lowest BCUT2D eigenvalue weighted by molar-refractivity contribution is -0.137. The number of carboxylic acid groups (broad SMARTS) is 1. The highest BCUT2D eigenvalue weighted by Crippen LogP contribution is 2.17. The monoisotopic (exact) mass is 265 g/mol. The molecule has 1 aliphatic rings. The first-order valence-corrected chi connectivity index (χ1v) is 6.86. The Morgan fingerprint density at radius 3 is 2.68 bits per heavy atom. The highest BCUT2D eigenvalue weighted by atomic mass is 19.1. The van der Waals surface area contributed by atoms with E-state index < -0.39 is 5.97 Å². The summed E-state index contributed by atoms with van der Waals surface area (Å²) in [6.07, 6.45) is 3.72. The van der Waals surface area contributed by atoms with E-state index in [-0.39, 0.29) is 12.2 Å². The number of hydrogen-bond acceptors (Lipinski definition) is 2. The van der Waals surface area contributed by atoms with Crippen LogP contribution in [0, 0.1) is 5.82 Å². The van der Waals surface area contributed by atoms with Crippen molar-refractivity contribution in [2.24, 2.45) is 0 Å². The zero-order valence-corrected chi connectivity index (χ0v) is 11.1. The third-order valence-electron chi connectivity index (χ3n) is 3.57. The van der Waals surface area contributed by atoms with Crippen molar-refractivity contribution in [3.8, 4) is 0 Å². The molecule has 104 valence electrons. The summed E-state index contributed by atoms with van der Waals surface area (Å²) in [4.78, 5) is 12.7. The Hall–Kier alpha value is -1.42. The van der Waals surface area contributed by atoms with Crippen LogP contribution in [0.1, 0.15) is 36.8 Å². The molecule has 1 aliphatic heterocycles. The van der Waals surface area contributed by atoms with Gasteiger partial charge >= 0.3 is 5.97 Å². The number of aliphatic carboxylic acids is 1. The summed E-state index contributed by atoms with van der Waals surface area (Å²) >= 11 is 0. The summed E-state index contributed by atoms with van der Waals surface area (Å²) in [5.41, 5.74) is 1.62. The van der Waals surface area contributed by atoms with E-state index in [4.69, 9.17) is 5.11 Å². The number of benzene rings is 1. The second-order valence-electron chi connectivity index (χ2n) is 5.16. The van der Waals surface area contributed by atoms with E-state index in [0.29, 0.717) is 19.4 Å². The number of carboxylic acids is 1. The molecule has 0 atom stereocenters. The van der Waals surface area contributed by atoms with Gasteiger partial charge in [0.2, 0.25) is 0 Å². The predicted molar refractivity (Wildman–Crippen MR) is 71.5 cm³/mol. The van der Waals surface area contributed by atoms with Crippen molar-refractivity contribution in [1.29, 1.82) is 0 Å². The molecule has 1 saturated heterocycles. The largest absolute Gasteiger partial charge is 0.481 e. The van der Waals surface area contributed by atoms with E-state index >= 15 is 0 Å². The zero-order valence-electron chi connectivity index (χ0n) is 11.1. The highest BCUT2D eigenvalue weighted by Gasteiger charge is 2.14. The number of aryl methyl sites for hydroxylation is 1. The Balaban J connectivity index is 1.90. The van der Waals surface area contributed by atoms with E-state index in [1.807, 2.05) is 12.1 Å². The molecule has 1 fully saturated rings. The van der Waals surface area contributed by atoms with Gasteiger partial charge in [0.1, 0.15) is 5.82 Å². The number of hydrogen-bond donors (Lipinski definition) is 1. The van der Waals surface area contributed by atoms with Gasteiger partial charge in [0, 0.05) is 18.5 Å². The standard InChI is InChI=1S/C15H20FNO2/c16-14-10-12(4-3-5-15(18)19)6-7-13(14)11-17-8-1-2-9-17/h6-7,10H,1-5,8-9,11H2,(H,18,19). The predicted octanol–water partition coefficient (Wildman–Crippen LogP) is 2.83. The summed E-state index contributed by atoms with van der Waals surface area (Å²) in [7, 11) is 0. The molecule has 0 saturated carbocycles. The quantitative estimate of drug-likeness (QED) is 0.859. The minimum absolute atomic E-state index is 0.136. The molecule has 1 aromatic rings. The number of halogens is 1. The molecule has 19 heavy (non-hydrogen) atoms. The van der Waals surface area contributed by atoms with Crippen molar-refractivity contribution in [1.82, 2.24) is 4.90 Å². The van der Waals surface area contributed by atoms with Gasteiger partial charge in [-0.2, -0.15) is 0 Å². The fraction of sp³-hybridized carbons (Fsp3) is 0.533. The van der Waals surface area contributed by atoms with E-state index in [1.165, 1.54) is 12.8 Å². The average molecular weight is 265 g/mol. The summed E-state index contributed by atoms with van der Waals surface area (Å²) in [5.74, 6) is -0.967. The number of rotatable bonds is 6. The molecule has 0 radical (unpaired) electrons. The summed E-state index contributed by atoms with van der Waals surface area (Å²) < 4.78 is 13.9. The number of carbonyl (C=O) groups is 1. The van der Waals surface area contributed by atoms with Crippen LogP contribution >= 0.6 is 0 Å². The minimum Gasteiger partial charge on any atom is -0.481 e. The molecule has 0 bridgehead atoms. The fourth-order valence-electron chi connectivity index (χ4n) is 2.50. The van der Waals surface area contributed by atoms with Gasteiger partial charge in [-0.15, -0.1) is 0 Å². The summed E-state index contributed by atoms with van der Waals surface area (Å²) in [5, 5.41) is 8.57. The maximum absolute atomic E-state index is 13.9. The van der Waals surface area contributed by atoms with Gasteiger partial charge in [-0.1, -0.05) is 12.1 Å². The van der Waals surface area contributed by atoms with Crippen LogP contribution in [0.25, 0.3) is 0 Å². The topological polar surface area (TPSA) is 40.5 Å². The maximum atomic E-state index is 13.9. The minimum atomic E-state index is -0.800. The van der Waals surface area contributed by atoms with Crippen molar-refractivity contribution in [2.75, 3.05) is 13.1 Å². The number of nitrogens with zero attached hydrogens (tertiary/aromatic N) is 1. The van der Waals surface area contributed by atoms with Gasteiger partial charge in [0.25, 0.3) is 0 Å². The second-order valence-corrected chi connectivity index (χ2v) is 5.16. The van der Waals surface area contributed by atoms with Gasteiger partial charge in [0.05, 0.1) is 0 Å². The first kappa shape index (κ1) is 14.0. The SMILES string of the molecule is O=C(O)CCCc1ccc(CN2CCCC2)c(F)c1. The van der Waals surface area contributed by atoms with Crippen LogP contribution in [0.4, 0.5) is 4.39 Å². The molecule has 2 rings (SSSR count). The van der Waals surface area contributed by atoms with Crippen molar-refractivity contribution in [3.63, 3.8) is 0 Å². The summed E-state index contributed by atoms with van der Waals surface area (Å²) in [6.45, 7) is 2.79.